The van der Waals surface area contributed by atoms with E-state index in [2.05, 4.69) is 70.7 Å². The molecule has 2 heteroatoms. The van der Waals surface area contributed by atoms with Crippen LogP contribution in [0.4, 0.5) is 0 Å². The summed E-state index contributed by atoms with van der Waals surface area (Å²) in [4.78, 5) is 0. The van der Waals surface area contributed by atoms with E-state index in [1.54, 1.807) is 0 Å². The minimum absolute atomic E-state index is 0. The standard InChI is InChI=1S/C12H13.ClH.Ti/c1-9(2)11-8-7-10-5-3-4-6-12(10)11;;/h3-9H,1-2H3;1H;. The van der Waals surface area contributed by atoms with Crippen LogP contribution in [0.25, 0.3) is 6.08 Å². The van der Waals surface area contributed by atoms with Crippen LogP contribution in [-0.4, -0.2) is 0 Å². The molecule has 0 fully saturated rings. The Hall–Kier alpha value is -0.0357. The fourth-order valence-corrected chi connectivity index (χ4v) is 2.32. The Labute approximate surface area is 104 Å². The number of allylic oxidation sites excluding steroid dienone is 1. The van der Waals surface area contributed by atoms with Gasteiger partial charge >= 0.3 is 91.5 Å². The van der Waals surface area contributed by atoms with Gasteiger partial charge in [0.1, 0.15) is 0 Å². The predicted octanol–water partition coefficient (Wildman–Crippen LogP) is 3.53. The molecular formula is C12H14ClTi. The van der Waals surface area contributed by atoms with E-state index < -0.39 is 0 Å². The normalized spacial score (nSPS) is 23.3. The van der Waals surface area contributed by atoms with Gasteiger partial charge in [0.2, 0.25) is 0 Å². The Morgan fingerprint density at radius 2 is 1.86 bits per heavy atom. The Balaban J connectivity index is 0.000000980. The van der Waals surface area contributed by atoms with Crippen molar-refractivity contribution in [1.82, 2.24) is 0 Å². The van der Waals surface area contributed by atoms with Gasteiger partial charge in [0.25, 0.3) is 0 Å². The molecule has 73 valence electrons. The van der Waals surface area contributed by atoms with Crippen molar-refractivity contribution in [2.24, 2.45) is 5.92 Å². The van der Waals surface area contributed by atoms with E-state index >= 15 is 0 Å². The summed E-state index contributed by atoms with van der Waals surface area (Å²) in [6, 6.07) is 8.68. The first-order chi connectivity index (χ1) is 6.14. The largest absolute Gasteiger partial charge is 0.147 e. The maximum atomic E-state index is 2.34. The van der Waals surface area contributed by atoms with Crippen molar-refractivity contribution < 1.29 is 20.4 Å². The Kier molecular flexibility index (Phi) is 3.63. The van der Waals surface area contributed by atoms with E-state index in [4.69, 9.17) is 0 Å². The molecule has 1 atom stereocenters. The van der Waals surface area contributed by atoms with Crippen LogP contribution >= 0.6 is 12.4 Å². The monoisotopic (exact) mass is 241 g/mol. The number of hydrogen-bond donors (Lipinski definition) is 0. The zero-order chi connectivity index (χ0) is 9.47. The molecule has 2 rings (SSSR count). The van der Waals surface area contributed by atoms with Crippen LogP contribution in [0.3, 0.4) is 0 Å². The van der Waals surface area contributed by atoms with Crippen LogP contribution < -0.4 is 0 Å². The summed E-state index contributed by atoms with van der Waals surface area (Å²) in [7, 11) is 0. The van der Waals surface area contributed by atoms with Gasteiger partial charge in [-0.1, -0.05) is 0 Å². The molecule has 1 unspecified atom stereocenters. The third-order valence-electron chi connectivity index (χ3n) is 2.84. The Bertz CT molecular complexity index is 357. The van der Waals surface area contributed by atoms with Crippen molar-refractivity contribution in [3.63, 3.8) is 0 Å². The third kappa shape index (κ3) is 1.71. The minimum atomic E-state index is 0. The molecule has 0 heterocycles. The first kappa shape index (κ1) is 12.0. The molecule has 14 heavy (non-hydrogen) atoms. The second-order valence-electron chi connectivity index (χ2n) is 3.94. The maximum Gasteiger partial charge on any atom is -0.147 e. The molecule has 0 radical (unpaired) electrons. The minimum Gasteiger partial charge on any atom is -0.147 e. The van der Waals surface area contributed by atoms with Crippen molar-refractivity contribution in [1.29, 1.82) is 0 Å². The van der Waals surface area contributed by atoms with E-state index in [-0.39, 0.29) is 16.1 Å². The van der Waals surface area contributed by atoms with Gasteiger partial charge in [-0.2, -0.15) is 0 Å². The Morgan fingerprint density at radius 3 is 2.50 bits per heavy atom. The molecule has 1 aromatic carbocycles. The molecule has 0 aromatic heterocycles. The fraction of sp³-hybridized carbons (Fsp3) is 0.333. The number of halogens is 1. The van der Waals surface area contributed by atoms with Crippen molar-refractivity contribution in [2.45, 2.75) is 17.6 Å². The fourth-order valence-electron chi connectivity index (χ4n) is 1.83. The van der Waals surface area contributed by atoms with Crippen LogP contribution in [-0.2, 0) is 24.2 Å². The summed E-state index contributed by atoms with van der Waals surface area (Å²) in [6.07, 6.45) is 4.58. The number of rotatable bonds is 1. The van der Waals surface area contributed by atoms with Gasteiger partial charge in [-0.15, -0.1) is 12.4 Å². The molecule has 0 nitrogen and oxygen atoms in total. The van der Waals surface area contributed by atoms with E-state index in [1.807, 2.05) is 0 Å². The van der Waals surface area contributed by atoms with Gasteiger partial charge < -0.3 is 0 Å². The molecule has 0 bridgehead atoms. The van der Waals surface area contributed by atoms with Crippen LogP contribution in [0.5, 0.6) is 0 Å². The first-order valence-electron chi connectivity index (χ1n) is 4.68. The molecule has 0 N–H and O–H groups in total. The molecule has 0 spiro atoms. The topological polar surface area (TPSA) is 0 Å². The van der Waals surface area contributed by atoms with Crippen LogP contribution in [0.2, 0.25) is 0 Å². The molecule has 0 saturated carbocycles. The van der Waals surface area contributed by atoms with Crippen molar-refractivity contribution in [2.75, 3.05) is 0 Å². The van der Waals surface area contributed by atoms with Gasteiger partial charge in [-0.25, -0.2) is 0 Å². The summed E-state index contributed by atoms with van der Waals surface area (Å²) in [5, 5.41) is 0. The Morgan fingerprint density at radius 1 is 1.21 bits per heavy atom. The average Bonchev–Trinajstić information content (AvgIpc) is 2.47. The van der Waals surface area contributed by atoms with E-state index in [0.717, 1.165) is 0 Å². The van der Waals surface area contributed by atoms with Crippen molar-refractivity contribution in [3.05, 3.63) is 41.5 Å². The van der Waals surface area contributed by atoms with E-state index in [0.29, 0.717) is 5.92 Å². The van der Waals surface area contributed by atoms with E-state index in [9.17, 15) is 0 Å². The summed E-state index contributed by atoms with van der Waals surface area (Å²) < 4.78 is 0.247. The van der Waals surface area contributed by atoms with Gasteiger partial charge in [-0.3, -0.25) is 0 Å². The molecule has 0 aliphatic heterocycles. The SMILES string of the molecule is CC(C)[C]1([Ti])C=Cc2ccccc21.Cl. The summed E-state index contributed by atoms with van der Waals surface area (Å²) in [5.74, 6) is 0.660. The van der Waals surface area contributed by atoms with Gasteiger partial charge in [0.15, 0.2) is 0 Å². The summed E-state index contributed by atoms with van der Waals surface area (Å²) in [5.41, 5.74) is 2.86. The smallest absolute Gasteiger partial charge is 0.147 e. The molecule has 1 aliphatic carbocycles. The van der Waals surface area contributed by atoms with Crippen molar-refractivity contribution >= 4 is 18.5 Å². The maximum absolute atomic E-state index is 2.34. The van der Waals surface area contributed by atoms with Gasteiger partial charge in [-0.05, 0) is 0 Å². The number of hydrogen-bond acceptors (Lipinski definition) is 0. The van der Waals surface area contributed by atoms with Crippen LogP contribution in [0.15, 0.2) is 30.3 Å². The average molecular weight is 242 g/mol. The van der Waals surface area contributed by atoms with E-state index in [1.165, 1.54) is 11.1 Å². The summed E-state index contributed by atoms with van der Waals surface area (Å²) >= 11 is 2.32. The quantitative estimate of drug-likeness (QED) is 0.660. The zero-order valence-electron chi connectivity index (χ0n) is 8.45. The molecular weight excluding hydrogens is 227 g/mol. The molecule has 0 amide bonds. The molecule has 1 aromatic rings. The number of benzene rings is 1. The molecule has 0 saturated heterocycles. The van der Waals surface area contributed by atoms with Gasteiger partial charge in [0, 0.05) is 0 Å². The third-order valence-corrected chi connectivity index (χ3v) is 4.43. The predicted molar refractivity (Wildman–Crippen MR) is 59.2 cm³/mol. The van der Waals surface area contributed by atoms with Crippen LogP contribution in [0.1, 0.15) is 25.0 Å². The number of fused-ring (bicyclic) bond motifs is 1. The van der Waals surface area contributed by atoms with Crippen molar-refractivity contribution in [3.8, 4) is 0 Å². The second kappa shape index (κ2) is 4.22. The second-order valence-corrected chi connectivity index (χ2v) is 5.24. The zero-order valence-corrected chi connectivity index (χ0v) is 10.8. The van der Waals surface area contributed by atoms with Gasteiger partial charge in [0.05, 0.1) is 0 Å². The van der Waals surface area contributed by atoms with Crippen LogP contribution in [0, 0.1) is 5.92 Å². The first-order valence-corrected chi connectivity index (χ1v) is 5.46. The summed E-state index contributed by atoms with van der Waals surface area (Å²) in [6.45, 7) is 4.57. The molecule has 1 aliphatic rings.